The van der Waals surface area contributed by atoms with E-state index < -0.39 is 10.0 Å². The summed E-state index contributed by atoms with van der Waals surface area (Å²) in [5.41, 5.74) is 7.31. The third kappa shape index (κ3) is 5.67. The van der Waals surface area contributed by atoms with Crippen LogP contribution < -0.4 is 15.6 Å². The molecule has 1 aliphatic rings. The van der Waals surface area contributed by atoms with Gasteiger partial charge in [0.2, 0.25) is 10.0 Å². The van der Waals surface area contributed by atoms with Gasteiger partial charge in [0.15, 0.2) is 0 Å². The standard InChI is InChI=1S/C19H25N3O3S.ClH/c20-12-16-13-22(14-19(16)15-4-2-1-3-5-15)10-11-25-17-6-8-18(9-7-17)26(21,23)24;/h1-9,16,19H,10-14,20H2,(H2,21,23,24);1H/t16-,19+;/m1./s1. The molecule has 4 N–H and O–H groups in total. The van der Waals surface area contributed by atoms with Crippen LogP contribution in [0.5, 0.6) is 5.75 Å². The van der Waals surface area contributed by atoms with Crippen LogP contribution in [0.2, 0.25) is 0 Å². The summed E-state index contributed by atoms with van der Waals surface area (Å²) in [7, 11) is -3.67. The molecule has 2 atom stereocenters. The Bertz CT molecular complexity index is 816. The summed E-state index contributed by atoms with van der Waals surface area (Å²) in [6.07, 6.45) is 0. The molecular weight excluding hydrogens is 386 g/mol. The molecule has 0 saturated carbocycles. The van der Waals surface area contributed by atoms with Crippen LogP contribution >= 0.6 is 12.4 Å². The van der Waals surface area contributed by atoms with Gasteiger partial charge in [0.25, 0.3) is 0 Å². The number of hydrogen-bond acceptors (Lipinski definition) is 5. The average molecular weight is 412 g/mol. The number of ether oxygens (including phenoxy) is 1. The van der Waals surface area contributed by atoms with Crippen LogP contribution in [0.4, 0.5) is 0 Å². The number of likely N-dealkylation sites (tertiary alicyclic amines) is 1. The minimum atomic E-state index is -3.67. The van der Waals surface area contributed by atoms with Gasteiger partial charge in [0, 0.05) is 25.6 Å². The zero-order valence-electron chi connectivity index (χ0n) is 15.0. The highest BCUT2D eigenvalue weighted by Crippen LogP contribution is 2.31. The van der Waals surface area contributed by atoms with Crippen molar-refractivity contribution < 1.29 is 13.2 Å². The molecule has 6 nitrogen and oxygen atoms in total. The first-order valence-corrected chi connectivity index (χ1v) is 10.2. The van der Waals surface area contributed by atoms with E-state index in [9.17, 15) is 8.42 Å². The first-order chi connectivity index (χ1) is 12.5. The lowest BCUT2D eigenvalue weighted by Crippen LogP contribution is -2.27. The quantitative estimate of drug-likeness (QED) is 0.723. The predicted molar refractivity (Wildman–Crippen MR) is 109 cm³/mol. The van der Waals surface area contributed by atoms with Gasteiger partial charge in [0.05, 0.1) is 4.90 Å². The van der Waals surface area contributed by atoms with Crippen molar-refractivity contribution in [3.8, 4) is 5.75 Å². The molecule has 0 aromatic heterocycles. The highest BCUT2D eigenvalue weighted by molar-refractivity contribution is 7.89. The van der Waals surface area contributed by atoms with Gasteiger partial charge >= 0.3 is 0 Å². The van der Waals surface area contributed by atoms with Gasteiger partial charge in [-0.3, -0.25) is 4.90 Å². The molecular formula is C19H26ClN3O3S. The van der Waals surface area contributed by atoms with Gasteiger partial charge < -0.3 is 10.5 Å². The summed E-state index contributed by atoms with van der Waals surface area (Å²) in [6.45, 7) is 3.94. The Labute approximate surface area is 167 Å². The van der Waals surface area contributed by atoms with Crippen molar-refractivity contribution in [2.45, 2.75) is 10.8 Å². The van der Waals surface area contributed by atoms with Gasteiger partial charge in [-0.25, -0.2) is 13.6 Å². The number of primary sulfonamides is 1. The summed E-state index contributed by atoms with van der Waals surface area (Å²) in [5, 5.41) is 5.09. The van der Waals surface area contributed by atoms with Gasteiger partial charge in [-0.1, -0.05) is 30.3 Å². The van der Waals surface area contributed by atoms with Gasteiger partial charge in [0.1, 0.15) is 12.4 Å². The molecule has 148 valence electrons. The largest absolute Gasteiger partial charge is 0.492 e. The molecule has 1 aliphatic heterocycles. The second-order valence-electron chi connectivity index (χ2n) is 6.64. The van der Waals surface area contributed by atoms with Crippen LogP contribution in [0, 0.1) is 5.92 Å². The average Bonchev–Trinajstić information content (AvgIpc) is 3.05. The van der Waals surface area contributed by atoms with Gasteiger partial charge in [-0.2, -0.15) is 0 Å². The lowest BCUT2D eigenvalue weighted by molar-refractivity contribution is 0.232. The Morgan fingerprint density at radius 2 is 1.70 bits per heavy atom. The maximum absolute atomic E-state index is 11.3. The molecule has 27 heavy (non-hydrogen) atoms. The molecule has 0 radical (unpaired) electrons. The van der Waals surface area contributed by atoms with Crippen LogP contribution in [-0.4, -0.2) is 46.1 Å². The van der Waals surface area contributed by atoms with E-state index in [0.717, 1.165) is 19.6 Å². The fraction of sp³-hybridized carbons (Fsp3) is 0.368. The first kappa shape index (κ1) is 21.7. The molecule has 3 rings (SSSR count). The number of rotatable bonds is 7. The second kappa shape index (κ2) is 9.52. The van der Waals surface area contributed by atoms with Crippen molar-refractivity contribution in [1.82, 2.24) is 4.90 Å². The molecule has 0 amide bonds. The van der Waals surface area contributed by atoms with Crippen molar-refractivity contribution in [3.05, 3.63) is 60.2 Å². The Kier molecular flexibility index (Phi) is 7.64. The van der Waals surface area contributed by atoms with Crippen molar-refractivity contribution in [2.24, 2.45) is 16.8 Å². The highest BCUT2D eigenvalue weighted by atomic mass is 35.5. The van der Waals surface area contributed by atoms with Crippen LogP contribution in [-0.2, 0) is 10.0 Å². The fourth-order valence-electron chi connectivity index (χ4n) is 3.48. The summed E-state index contributed by atoms with van der Waals surface area (Å²) < 4.78 is 28.3. The predicted octanol–water partition coefficient (Wildman–Crippen LogP) is 1.81. The monoisotopic (exact) mass is 411 g/mol. The molecule has 0 aliphatic carbocycles. The molecule has 1 saturated heterocycles. The summed E-state index contributed by atoms with van der Waals surface area (Å²) in [6, 6.07) is 16.7. The van der Waals surface area contributed by atoms with E-state index in [2.05, 4.69) is 29.2 Å². The Morgan fingerprint density at radius 3 is 2.30 bits per heavy atom. The zero-order valence-corrected chi connectivity index (χ0v) is 16.7. The molecule has 2 aromatic rings. The van der Waals surface area contributed by atoms with E-state index >= 15 is 0 Å². The first-order valence-electron chi connectivity index (χ1n) is 8.70. The third-order valence-electron chi connectivity index (χ3n) is 4.88. The molecule has 1 fully saturated rings. The summed E-state index contributed by atoms with van der Waals surface area (Å²) in [5.74, 6) is 1.54. The third-order valence-corrected chi connectivity index (χ3v) is 5.80. The summed E-state index contributed by atoms with van der Waals surface area (Å²) in [4.78, 5) is 2.45. The smallest absolute Gasteiger partial charge is 0.238 e. The maximum Gasteiger partial charge on any atom is 0.238 e. The second-order valence-corrected chi connectivity index (χ2v) is 8.20. The number of nitrogens with zero attached hydrogens (tertiary/aromatic N) is 1. The van der Waals surface area contributed by atoms with Crippen molar-refractivity contribution in [1.29, 1.82) is 0 Å². The number of benzene rings is 2. The van der Waals surface area contributed by atoms with E-state index in [-0.39, 0.29) is 17.3 Å². The lowest BCUT2D eigenvalue weighted by Gasteiger charge is -2.17. The molecule has 2 aromatic carbocycles. The molecule has 1 heterocycles. The van der Waals surface area contributed by atoms with Crippen LogP contribution in [0.25, 0.3) is 0 Å². The van der Waals surface area contributed by atoms with Crippen LogP contribution in [0.1, 0.15) is 11.5 Å². The van der Waals surface area contributed by atoms with E-state index in [1.165, 1.54) is 17.7 Å². The molecule has 8 heteroatoms. The van der Waals surface area contributed by atoms with E-state index in [0.29, 0.717) is 30.7 Å². The summed E-state index contributed by atoms with van der Waals surface area (Å²) >= 11 is 0. The fourth-order valence-corrected chi connectivity index (χ4v) is 3.99. The van der Waals surface area contributed by atoms with Gasteiger partial charge in [-0.15, -0.1) is 12.4 Å². The topological polar surface area (TPSA) is 98.6 Å². The minimum absolute atomic E-state index is 0. The highest BCUT2D eigenvalue weighted by Gasteiger charge is 2.32. The van der Waals surface area contributed by atoms with Crippen molar-refractivity contribution in [2.75, 3.05) is 32.8 Å². The molecule has 0 spiro atoms. The number of halogens is 1. The Hall–Kier alpha value is -1.64. The normalized spacial score (nSPS) is 20.2. The van der Waals surface area contributed by atoms with Crippen LogP contribution in [0.3, 0.4) is 0 Å². The number of hydrogen-bond donors (Lipinski definition) is 2. The minimum Gasteiger partial charge on any atom is -0.492 e. The van der Waals surface area contributed by atoms with Crippen molar-refractivity contribution in [3.63, 3.8) is 0 Å². The zero-order chi connectivity index (χ0) is 18.6. The van der Waals surface area contributed by atoms with E-state index in [1.54, 1.807) is 12.1 Å². The Balaban J connectivity index is 0.00000261. The lowest BCUT2D eigenvalue weighted by atomic mass is 9.89. The molecule has 0 unspecified atom stereocenters. The molecule has 0 bridgehead atoms. The number of sulfonamides is 1. The van der Waals surface area contributed by atoms with Crippen molar-refractivity contribution >= 4 is 22.4 Å². The van der Waals surface area contributed by atoms with E-state index in [1.807, 2.05) is 6.07 Å². The van der Waals surface area contributed by atoms with Gasteiger partial charge in [-0.05, 0) is 42.3 Å². The van der Waals surface area contributed by atoms with Crippen LogP contribution in [0.15, 0.2) is 59.5 Å². The van der Waals surface area contributed by atoms with E-state index in [4.69, 9.17) is 15.6 Å². The maximum atomic E-state index is 11.3. The Morgan fingerprint density at radius 1 is 1.04 bits per heavy atom. The number of nitrogens with two attached hydrogens (primary N) is 2. The SMILES string of the molecule is Cl.NC[C@@H]1CN(CCOc2ccc(S(N)(=O)=O)cc2)C[C@H]1c1ccccc1.